The van der Waals surface area contributed by atoms with Crippen LogP contribution in [0.4, 0.5) is 0 Å². The van der Waals surface area contributed by atoms with Crippen molar-refractivity contribution in [3.05, 3.63) is 15.8 Å². The Morgan fingerprint density at radius 1 is 1.24 bits per heavy atom. The van der Waals surface area contributed by atoms with Crippen LogP contribution in [-0.4, -0.2) is 60.3 Å². The molecule has 6 nitrogen and oxygen atoms in total. The van der Waals surface area contributed by atoms with Gasteiger partial charge in [-0.3, -0.25) is 0 Å². The highest BCUT2D eigenvalue weighted by Crippen LogP contribution is 2.29. The number of methoxy groups -OCH3 is 2. The fraction of sp³-hybridized carbons (Fsp3) is 0.692. The molecule has 0 saturated heterocycles. The van der Waals surface area contributed by atoms with Gasteiger partial charge in [-0.05, 0) is 24.9 Å². The van der Waals surface area contributed by atoms with E-state index in [-0.39, 0.29) is 0 Å². The maximum absolute atomic E-state index is 12.9. The molecule has 0 aromatic carbocycles. The van der Waals surface area contributed by atoms with Crippen molar-refractivity contribution >= 4 is 21.4 Å². The summed E-state index contributed by atoms with van der Waals surface area (Å²) in [6.45, 7) is 3.71. The van der Waals surface area contributed by atoms with E-state index < -0.39 is 10.0 Å². The fourth-order valence-electron chi connectivity index (χ4n) is 1.98. The molecule has 8 heteroatoms. The third-order valence-corrected chi connectivity index (χ3v) is 6.38. The lowest BCUT2D eigenvalue weighted by atomic mass is 10.3. The van der Waals surface area contributed by atoms with Crippen LogP contribution in [0, 0.1) is 6.92 Å². The maximum atomic E-state index is 12.9. The molecule has 1 aromatic rings. The number of nitrogens with one attached hydrogen (secondary N) is 1. The number of hydrogen-bond donors (Lipinski definition) is 1. The number of nitrogens with zero attached hydrogens (tertiary/aromatic N) is 1. The Morgan fingerprint density at radius 3 is 2.29 bits per heavy atom. The van der Waals surface area contributed by atoms with Gasteiger partial charge in [0.25, 0.3) is 0 Å². The molecule has 0 amide bonds. The molecule has 1 rings (SSSR count). The molecule has 0 unspecified atom stereocenters. The van der Waals surface area contributed by atoms with Crippen molar-refractivity contribution < 1.29 is 17.9 Å². The highest BCUT2D eigenvalue weighted by atomic mass is 32.2. The predicted octanol–water partition coefficient (Wildman–Crippen LogP) is 1.06. The number of thiophene rings is 1. The van der Waals surface area contributed by atoms with Gasteiger partial charge in [0, 0.05) is 38.7 Å². The summed E-state index contributed by atoms with van der Waals surface area (Å²) in [5, 5.41) is 4.89. The number of ether oxygens (including phenoxy) is 2. The van der Waals surface area contributed by atoms with Gasteiger partial charge in [0.2, 0.25) is 10.0 Å². The zero-order valence-electron chi connectivity index (χ0n) is 13.0. The van der Waals surface area contributed by atoms with Crippen molar-refractivity contribution in [3.8, 4) is 0 Å². The van der Waals surface area contributed by atoms with Gasteiger partial charge in [-0.15, -0.1) is 11.3 Å². The Labute approximate surface area is 131 Å². The topological polar surface area (TPSA) is 67.9 Å². The smallest absolute Gasteiger partial charge is 0.244 e. The molecule has 1 aromatic heterocycles. The summed E-state index contributed by atoms with van der Waals surface area (Å²) in [7, 11) is 1.38. The minimum Gasteiger partial charge on any atom is -0.383 e. The number of aryl methyl sites for hydroxylation is 1. The fourth-order valence-corrected chi connectivity index (χ4v) is 5.16. The largest absolute Gasteiger partial charge is 0.383 e. The molecule has 1 heterocycles. The first-order valence-corrected chi connectivity index (χ1v) is 9.00. The van der Waals surface area contributed by atoms with Gasteiger partial charge >= 0.3 is 0 Å². The van der Waals surface area contributed by atoms with Crippen LogP contribution in [0.5, 0.6) is 0 Å². The molecule has 0 atom stereocenters. The Balaban J connectivity index is 3.11. The molecule has 0 bridgehead atoms. The third-order valence-electron chi connectivity index (χ3n) is 3.01. The zero-order valence-corrected chi connectivity index (χ0v) is 14.6. The monoisotopic (exact) mass is 336 g/mol. The summed E-state index contributed by atoms with van der Waals surface area (Å²) in [5.74, 6) is 0. The van der Waals surface area contributed by atoms with E-state index in [4.69, 9.17) is 9.47 Å². The normalized spacial score (nSPS) is 12.2. The number of hydrogen-bond acceptors (Lipinski definition) is 6. The van der Waals surface area contributed by atoms with Gasteiger partial charge in [-0.2, -0.15) is 4.31 Å². The molecular formula is C13H24N2O4S2. The number of sulfonamides is 1. The summed E-state index contributed by atoms with van der Waals surface area (Å²) >= 11 is 1.46. The van der Waals surface area contributed by atoms with E-state index in [0.29, 0.717) is 37.7 Å². The third kappa shape index (κ3) is 4.73. The zero-order chi connectivity index (χ0) is 15.9. The predicted molar refractivity (Wildman–Crippen MR) is 84.3 cm³/mol. The highest BCUT2D eigenvalue weighted by molar-refractivity contribution is 7.89. The molecule has 122 valence electrons. The van der Waals surface area contributed by atoms with Crippen molar-refractivity contribution in [3.63, 3.8) is 0 Å². The van der Waals surface area contributed by atoms with Crippen LogP contribution in [0.25, 0.3) is 0 Å². The summed E-state index contributed by atoms with van der Waals surface area (Å²) in [6, 6.07) is 0. The Morgan fingerprint density at radius 2 is 1.81 bits per heavy atom. The second-order valence-electron chi connectivity index (χ2n) is 4.59. The van der Waals surface area contributed by atoms with Crippen LogP contribution in [0.1, 0.15) is 10.4 Å². The van der Waals surface area contributed by atoms with Crippen LogP contribution in [0.15, 0.2) is 10.3 Å². The number of rotatable bonds is 10. The Bertz CT molecular complexity index is 520. The summed E-state index contributed by atoms with van der Waals surface area (Å²) < 4.78 is 37.3. The molecule has 0 aliphatic carbocycles. The second-order valence-corrected chi connectivity index (χ2v) is 7.43. The lowest BCUT2D eigenvalue weighted by Crippen LogP contribution is -2.37. The summed E-state index contributed by atoms with van der Waals surface area (Å²) in [6.07, 6.45) is 0. The van der Waals surface area contributed by atoms with Crippen molar-refractivity contribution in [2.24, 2.45) is 0 Å². The van der Waals surface area contributed by atoms with E-state index >= 15 is 0 Å². The maximum Gasteiger partial charge on any atom is 0.244 e. The highest BCUT2D eigenvalue weighted by Gasteiger charge is 2.29. The first-order chi connectivity index (χ1) is 9.98. The first-order valence-electron chi connectivity index (χ1n) is 6.68. The van der Waals surface area contributed by atoms with Crippen LogP contribution in [0.2, 0.25) is 0 Å². The van der Waals surface area contributed by atoms with Crippen LogP contribution in [0.3, 0.4) is 0 Å². The molecule has 0 aliphatic heterocycles. The minimum absolute atomic E-state index is 0.316. The van der Waals surface area contributed by atoms with Crippen molar-refractivity contribution in [1.29, 1.82) is 0 Å². The lowest BCUT2D eigenvalue weighted by Gasteiger charge is -2.22. The van der Waals surface area contributed by atoms with E-state index in [9.17, 15) is 8.42 Å². The molecule has 21 heavy (non-hydrogen) atoms. The molecule has 0 aliphatic rings. The second kappa shape index (κ2) is 8.82. The summed E-state index contributed by atoms with van der Waals surface area (Å²) in [4.78, 5) is 1.24. The van der Waals surface area contributed by atoms with Crippen molar-refractivity contribution in [2.75, 3.05) is 47.6 Å². The van der Waals surface area contributed by atoms with E-state index in [2.05, 4.69) is 5.32 Å². The minimum atomic E-state index is -3.54. The Hall–Kier alpha value is -0.510. The van der Waals surface area contributed by atoms with E-state index in [1.165, 1.54) is 15.6 Å². The quantitative estimate of drug-likeness (QED) is 0.692. The van der Waals surface area contributed by atoms with E-state index in [1.807, 2.05) is 12.3 Å². The van der Waals surface area contributed by atoms with Crippen LogP contribution in [-0.2, 0) is 26.0 Å². The van der Waals surface area contributed by atoms with Crippen molar-refractivity contribution in [1.82, 2.24) is 9.62 Å². The standard InChI is InChI=1S/C13H24N2O4S2/c1-11-10-20-12(9-14-2)13(11)21(16,17)15(5-7-18-3)6-8-19-4/h10,14H,5-9H2,1-4H3. The van der Waals surface area contributed by atoms with Gasteiger partial charge in [-0.25, -0.2) is 8.42 Å². The SMILES string of the molecule is CNCc1scc(C)c1S(=O)(=O)N(CCOC)CCOC. The van der Waals surface area contributed by atoms with Crippen LogP contribution < -0.4 is 5.32 Å². The Kier molecular flexibility index (Phi) is 7.78. The molecular weight excluding hydrogens is 312 g/mol. The average molecular weight is 336 g/mol. The average Bonchev–Trinajstić information content (AvgIpc) is 2.80. The van der Waals surface area contributed by atoms with E-state index in [1.54, 1.807) is 21.3 Å². The molecule has 0 fully saturated rings. The van der Waals surface area contributed by atoms with Crippen LogP contribution >= 0.6 is 11.3 Å². The summed E-state index contributed by atoms with van der Waals surface area (Å²) in [5.41, 5.74) is 0.782. The molecule has 0 saturated carbocycles. The molecule has 0 radical (unpaired) electrons. The first kappa shape index (κ1) is 18.5. The van der Waals surface area contributed by atoms with E-state index in [0.717, 1.165) is 10.4 Å². The molecule has 1 N–H and O–H groups in total. The van der Waals surface area contributed by atoms with Gasteiger partial charge in [0.15, 0.2) is 0 Å². The molecule has 0 spiro atoms. The van der Waals surface area contributed by atoms with Gasteiger partial charge in [0.05, 0.1) is 13.2 Å². The van der Waals surface area contributed by atoms with Gasteiger partial charge < -0.3 is 14.8 Å². The van der Waals surface area contributed by atoms with Crippen molar-refractivity contribution in [2.45, 2.75) is 18.4 Å². The van der Waals surface area contributed by atoms with Gasteiger partial charge in [0.1, 0.15) is 4.90 Å². The lowest BCUT2D eigenvalue weighted by molar-refractivity contribution is 0.150. The van der Waals surface area contributed by atoms with Gasteiger partial charge in [-0.1, -0.05) is 0 Å².